The Kier molecular flexibility index (Phi) is 4.12. The fraction of sp³-hybridized carbons (Fsp3) is 0.0909. The molecule has 0 fully saturated rings. The summed E-state index contributed by atoms with van der Waals surface area (Å²) in [4.78, 5) is 0.644. The molecule has 0 saturated heterocycles. The van der Waals surface area contributed by atoms with Gasteiger partial charge >= 0.3 is 0 Å². The first-order chi connectivity index (χ1) is 7.13. The minimum Gasteiger partial charge on any atom is -0.404 e. The lowest BCUT2D eigenvalue weighted by molar-refractivity contribution is 0.834. The van der Waals surface area contributed by atoms with Crippen LogP contribution in [0.15, 0.2) is 47.6 Å². The standard InChI is InChI=1S/C11H15N3S/c1-8(11(15)6-12)14-7-9-2-4-10(13)5-3-9/h2-6,14-15H,1,7,12-13H2/b11-6-. The van der Waals surface area contributed by atoms with Crippen molar-refractivity contribution in [2.75, 3.05) is 5.73 Å². The monoisotopic (exact) mass is 221 g/mol. The molecule has 0 spiro atoms. The van der Waals surface area contributed by atoms with E-state index in [0.717, 1.165) is 11.3 Å². The number of nitrogen functional groups attached to an aromatic ring is 1. The highest BCUT2D eigenvalue weighted by molar-refractivity contribution is 7.84. The van der Waals surface area contributed by atoms with E-state index in [4.69, 9.17) is 11.5 Å². The summed E-state index contributed by atoms with van der Waals surface area (Å²) in [7, 11) is 0. The summed E-state index contributed by atoms with van der Waals surface area (Å²) < 4.78 is 0. The summed E-state index contributed by atoms with van der Waals surface area (Å²) in [6.45, 7) is 4.48. The molecule has 0 saturated carbocycles. The Hall–Kier alpha value is -1.55. The topological polar surface area (TPSA) is 64.1 Å². The summed E-state index contributed by atoms with van der Waals surface area (Å²) in [6, 6.07) is 7.64. The molecule has 0 aromatic heterocycles. The van der Waals surface area contributed by atoms with Crippen LogP contribution in [0, 0.1) is 0 Å². The maximum absolute atomic E-state index is 5.58. The van der Waals surface area contributed by atoms with Crippen molar-refractivity contribution in [1.29, 1.82) is 0 Å². The zero-order valence-electron chi connectivity index (χ0n) is 8.40. The molecule has 0 bridgehead atoms. The molecule has 0 aliphatic carbocycles. The summed E-state index contributed by atoms with van der Waals surface area (Å²) in [5.41, 5.74) is 13.5. The Bertz CT molecular complexity index is 368. The molecular formula is C11H15N3S. The van der Waals surface area contributed by atoms with Gasteiger partial charge in [-0.05, 0) is 17.7 Å². The molecule has 3 nitrogen and oxygen atoms in total. The third-order valence-corrected chi connectivity index (χ3v) is 2.37. The first-order valence-corrected chi connectivity index (χ1v) is 4.96. The van der Waals surface area contributed by atoms with Gasteiger partial charge < -0.3 is 16.8 Å². The van der Waals surface area contributed by atoms with Crippen LogP contribution in [0.2, 0.25) is 0 Å². The van der Waals surface area contributed by atoms with E-state index in [2.05, 4.69) is 24.5 Å². The zero-order chi connectivity index (χ0) is 11.3. The summed E-state index contributed by atoms with van der Waals surface area (Å²) in [5, 5.41) is 3.11. The van der Waals surface area contributed by atoms with E-state index in [1.165, 1.54) is 6.20 Å². The van der Waals surface area contributed by atoms with Crippen molar-refractivity contribution in [3.8, 4) is 0 Å². The van der Waals surface area contributed by atoms with Gasteiger partial charge in [0.1, 0.15) is 0 Å². The maximum atomic E-state index is 5.58. The maximum Gasteiger partial charge on any atom is 0.0422 e. The summed E-state index contributed by atoms with van der Waals surface area (Å²) >= 11 is 4.14. The molecule has 80 valence electrons. The second-order valence-electron chi connectivity index (χ2n) is 3.13. The van der Waals surface area contributed by atoms with E-state index >= 15 is 0 Å². The molecule has 15 heavy (non-hydrogen) atoms. The Balaban J connectivity index is 2.51. The predicted molar refractivity (Wildman–Crippen MR) is 68.1 cm³/mol. The molecule has 0 heterocycles. The predicted octanol–water partition coefficient (Wildman–Crippen LogP) is 1.60. The summed E-state index contributed by atoms with van der Waals surface area (Å²) in [5.74, 6) is 0. The number of rotatable bonds is 4. The Morgan fingerprint density at radius 3 is 2.53 bits per heavy atom. The second kappa shape index (κ2) is 5.36. The second-order valence-corrected chi connectivity index (χ2v) is 3.61. The molecule has 0 aliphatic heterocycles. The van der Waals surface area contributed by atoms with Crippen molar-refractivity contribution >= 4 is 18.3 Å². The van der Waals surface area contributed by atoms with Crippen LogP contribution in [-0.4, -0.2) is 0 Å². The lowest BCUT2D eigenvalue weighted by Gasteiger charge is -2.09. The van der Waals surface area contributed by atoms with Crippen LogP contribution in [0.25, 0.3) is 0 Å². The fourth-order valence-electron chi connectivity index (χ4n) is 1.04. The van der Waals surface area contributed by atoms with Crippen LogP contribution < -0.4 is 16.8 Å². The first-order valence-electron chi connectivity index (χ1n) is 4.52. The van der Waals surface area contributed by atoms with E-state index in [1.54, 1.807) is 0 Å². The van der Waals surface area contributed by atoms with Gasteiger partial charge in [-0.2, -0.15) is 0 Å². The van der Waals surface area contributed by atoms with Crippen molar-refractivity contribution in [1.82, 2.24) is 5.32 Å². The fourth-order valence-corrected chi connectivity index (χ4v) is 1.11. The zero-order valence-corrected chi connectivity index (χ0v) is 9.30. The molecule has 0 aliphatic rings. The molecule has 4 heteroatoms. The number of hydrogen-bond acceptors (Lipinski definition) is 4. The van der Waals surface area contributed by atoms with E-state index in [9.17, 15) is 0 Å². The van der Waals surface area contributed by atoms with E-state index in [-0.39, 0.29) is 0 Å². The van der Waals surface area contributed by atoms with Crippen LogP contribution >= 0.6 is 12.6 Å². The smallest absolute Gasteiger partial charge is 0.0422 e. The third kappa shape index (κ3) is 3.59. The average Bonchev–Trinajstić information content (AvgIpc) is 2.26. The van der Waals surface area contributed by atoms with Crippen LogP contribution in [0.5, 0.6) is 0 Å². The van der Waals surface area contributed by atoms with Crippen molar-refractivity contribution in [2.24, 2.45) is 5.73 Å². The molecule has 0 amide bonds. The normalized spacial score (nSPS) is 11.1. The largest absolute Gasteiger partial charge is 0.404 e. The van der Waals surface area contributed by atoms with Gasteiger partial charge in [0.2, 0.25) is 0 Å². The number of anilines is 1. The minimum absolute atomic E-state index is 0.644. The van der Waals surface area contributed by atoms with Gasteiger partial charge in [-0.25, -0.2) is 0 Å². The molecule has 0 unspecified atom stereocenters. The van der Waals surface area contributed by atoms with Gasteiger partial charge in [-0.15, -0.1) is 12.6 Å². The Morgan fingerprint density at radius 2 is 2.00 bits per heavy atom. The Labute approximate surface area is 95.3 Å². The number of nitrogens with two attached hydrogens (primary N) is 2. The van der Waals surface area contributed by atoms with Crippen LogP contribution in [0.1, 0.15) is 5.56 Å². The molecular weight excluding hydrogens is 206 g/mol. The van der Waals surface area contributed by atoms with Gasteiger partial charge in [-0.1, -0.05) is 18.7 Å². The molecule has 0 radical (unpaired) electrons. The molecule has 1 rings (SSSR count). The van der Waals surface area contributed by atoms with E-state index < -0.39 is 0 Å². The molecule has 0 atom stereocenters. The minimum atomic E-state index is 0.644. The molecule has 1 aromatic carbocycles. The Morgan fingerprint density at radius 1 is 1.40 bits per heavy atom. The number of nitrogens with one attached hydrogen (secondary N) is 1. The van der Waals surface area contributed by atoms with Crippen LogP contribution in [0.3, 0.4) is 0 Å². The first kappa shape index (κ1) is 11.5. The average molecular weight is 221 g/mol. The SMILES string of the molecule is C=C(NCc1ccc(N)cc1)/C(S)=C/N. The number of thiol groups is 1. The molecule has 5 N–H and O–H groups in total. The van der Waals surface area contributed by atoms with Crippen molar-refractivity contribution < 1.29 is 0 Å². The van der Waals surface area contributed by atoms with Gasteiger partial charge in [0.15, 0.2) is 0 Å². The highest BCUT2D eigenvalue weighted by Crippen LogP contribution is 2.09. The lowest BCUT2D eigenvalue weighted by Crippen LogP contribution is -2.12. The van der Waals surface area contributed by atoms with Gasteiger partial charge in [-0.3, -0.25) is 0 Å². The lowest BCUT2D eigenvalue weighted by atomic mass is 10.2. The van der Waals surface area contributed by atoms with E-state index in [1.807, 2.05) is 24.3 Å². The van der Waals surface area contributed by atoms with Gasteiger partial charge in [0, 0.05) is 29.0 Å². The number of hydrogen-bond donors (Lipinski definition) is 4. The highest BCUT2D eigenvalue weighted by Gasteiger charge is 1.97. The summed E-state index contributed by atoms with van der Waals surface area (Å²) in [6.07, 6.45) is 1.40. The third-order valence-electron chi connectivity index (χ3n) is 1.95. The van der Waals surface area contributed by atoms with Crippen LogP contribution in [-0.2, 0) is 6.54 Å². The van der Waals surface area contributed by atoms with Crippen molar-refractivity contribution in [3.63, 3.8) is 0 Å². The van der Waals surface area contributed by atoms with Crippen molar-refractivity contribution in [2.45, 2.75) is 6.54 Å². The molecule has 1 aromatic rings. The highest BCUT2D eigenvalue weighted by atomic mass is 32.1. The number of benzene rings is 1. The van der Waals surface area contributed by atoms with Crippen molar-refractivity contribution in [3.05, 3.63) is 53.2 Å². The van der Waals surface area contributed by atoms with Crippen LogP contribution in [0.4, 0.5) is 5.69 Å². The quantitative estimate of drug-likeness (QED) is 0.355. The van der Waals surface area contributed by atoms with E-state index in [0.29, 0.717) is 17.1 Å². The van der Waals surface area contributed by atoms with Gasteiger partial charge in [0.25, 0.3) is 0 Å². The van der Waals surface area contributed by atoms with Gasteiger partial charge in [0.05, 0.1) is 0 Å².